The molecule has 0 aliphatic carbocycles. The molecule has 0 fully saturated rings. The molecule has 0 aliphatic heterocycles. The topological polar surface area (TPSA) is 625 Å². The van der Waals surface area contributed by atoms with E-state index in [1.54, 1.807) is 24.8 Å². The zero-order valence-electron chi connectivity index (χ0n) is 47.2. The van der Waals surface area contributed by atoms with Crippen molar-refractivity contribution in [2.45, 2.75) is 26.2 Å². The number of nitrogens with zero attached hydrogens (tertiary/aromatic N) is 10. The van der Waals surface area contributed by atoms with Crippen LogP contribution in [0, 0.1) is 41.0 Å². The van der Waals surface area contributed by atoms with Crippen molar-refractivity contribution in [3.63, 3.8) is 0 Å². The summed E-state index contributed by atoms with van der Waals surface area (Å²) in [6.07, 6.45) is 14.6. The fourth-order valence-electron chi connectivity index (χ4n) is 7.47. The van der Waals surface area contributed by atoms with E-state index in [-0.39, 0.29) is 54.9 Å². The van der Waals surface area contributed by atoms with Crippen molar-refractivity contribution >= 4 is 55.0 Å². The number of anilines is 2. The van der Waals surface area contributed by atoms with E-state index in [1.807, 2.05) is 97.6 Å². The Morgan fingerprint density at radius 1 is 0.272 bits per heavy atom. The van der Waals surface area contributed by atoms with Gasteiger partial charge in [-0.25, -0.2) is 74.5 Å². The van der Waals surface area contributed by atoms with Crippen LogP contribution >= 0.6 is 0 Å². The maximum atomic E-state index is 8.49. The minimum atomic E-state index is -4.94. The van der Waals surface area contributed by atoms with E-state index < -0.39 is 41.0 Å². The summed E-state index contributed by atoms with van der Waals surface area (Å²) < 4.78 is 136. The molecule has 0 amide bonds. The van der Waals surface area contributed by atoms with Gasteiger partial charge in [0.25, 0.3) is 0 Å². The zero-order valence-corrected chi connectivity index (χ0v) is 52.2. The number of benzene rings is 3. The molecule has 0 saturated carbocycles. The maximum absolute atomic E-state index is 8.49. The van der Waals surface area contributed by atoms with Gasteiger partial charge in [0, 0.05) is 89.6 Å². The van der Waals surface area contributed by atoms with Gasteiger partial charge in [0.1, 0.15) is 0 Å². The molecular weight excluding hydrogens is 1400 g/mol. The number of aliphatic hydroxyl groups is 1. The summed E-state index contributed by atoms with van der Waals surface area (Å²) in [6, 6.07) is 57.0. The SMILES string of the molecule is CO.O.O.O.O.[Ni+2].[Ni+2].[O-][Cl+3]([O-])([O-])[O-].[O-][Cl+3]([O-])([O-])[O-].[O-][Cl+3]([O-])([O-])[O-].[O-][Cl+3]([O-])([O-])[O-].c1ccc(CN(Cc2ccccn2)c2cccc(N(Cc3ccccn3)Cc3ccccn3)c2)nc1.c1cnc2c(c1)ccc1cccnc12.c1cnc2c(c1)ccc1cccnc12. The van der Waals surface area contributed by atoms with E-state index in [4.69, 9.17) is 79.7 Å². The van der Waals surface area contributed by atoms with Gasteiger partial charge in [0.2, 0.25) is 0 Å². The van der Waals surface area contributed by atoms with Crippen LogP contribution in [-0.2, 0) is 59.2 Å². The summed E-state index contributed by atoms with van der Waals surface area (Å²) in [5.41, 5.74) is 10.2. The van der Waals surface area contributed by atoms with Crippen LogP contribution in [0.5, 0.6) is 0 Å². The van der Waals surface area contributed by atoms with Gasteiger partial charge in [0.05, 0.1) is 71.0 Å². The number of fused-ring (bicyclic) bond motifs is 6. The molecule has 8 heterocycles. The first-order valence-corrected chi connectivity index (χ1v) is 29.0. The second-order valence-electron chi connectivity index (χ2n) is 16.5. The average molecular weight is 1450 g/mol. The van der Waals surface area contributed by atoms with E-state index in [1.165, 1.54) is 0 Å². The van der Waals surface area contributed by atoms with E-state index >= 15 is 0 Å². The van der Waals surface area contributed by atoms with Crippen LogP contribution in [-0.4, -0.2) is 74.0 Å². The zero-order chi connectivity index (χ0) is 63.2. The van der Waals surface area contributed by atoms with Gasteiger partial charge in [-0.2, -0.15) is 0 Å². The number of rotatable bonds is 10. The second kappa shape index (κ2) is 45.2. The molecule has 0 unspecified atom stereocenters. The fraction of sp³-hybridized carbons (Fsp3) is 0.0909. The minimum absolute atomic E-state index is 0. The molecule has 92 heavy (non-hydrogen) atoms. The van der Waals surface area contributed by atoms with E-state index in [2.05, 4.69) is 147 Å². The summed E-state index contributed by atoms with van der Waals surface area (Å²) >= 11 is 0. The molecule has 0 aliphatic rings. The molecule has 11 rings (SSSR count). The third-order valence-corrected chi connectivity index (χ3v) is 10.6. The number of hydrogen-bond acceptors (Lipinski definition) is 27. The molecule has 0 saturated heterocycles. The van der Waals surface area contributed by atoms with Crippen molar-refractivity contribution in [3.05, 3.63) is 242 Å². The number of halogens is 4. The second-order valence-corrected chi connectivity index (χ2v) is 19.5. The summed E-state index contributed by atoms with van der Waals surface area (Å²) in [4.78, 5) is 40.3. The first-order chi connectivity index (χ1) is 40.7. The smallest absolute Gasteiger partial charge is 0.412 e. The van der Waals surface area contributed by atoms with Crippen molar-refractivity contribution in [2.24, 2.45) is 0 Å². The average Bonchev–Trinajstić information content (AvgIpc) is 0.823. The van der Waals surface area contributed by atoms with Gasteiger partial charge < -0.3 is 36.8 Å². The third-order valence-electron chi connectivity index (χ3n) is 10.6. The monoisotopic (exact) mass is 1450 g/mol. The van der Waals surface area contributed by atoms with Gasteiger partial charge in [-0.15, -0.1) is 41.0 Å². The Balaban J connectivity index is -0.00000117. The van der Waals surface area contributed by atoms with Crippen LogP contribution in [0.3, 0.4) is 0 Å². The molecule has 500 valence electrons. The molecule has 8 aromatic heterocycles. The van der Waals surface area contributed by atoms with Crippen molar-refractivity contribution in [2.75, 3.05) is 16.9 Å². The molecule has 3 aromatic carbocycles. The number of aromatic nitrogens is 8. The Morgan fingerprint density at radius 3 is 0.652 bits per heavy atom. The summed E-state index contributed by atoms with van der Waals surface area (Å²) in [5, 5.41) is 11.6. The Hall–Kier alpha value is -7.19. The van der Waals surface area contributed by atoms with Gasteiger partial charge in [-0.1, -0.05) is 78.9 Å². The van der Waals surface area contributed by atoms with Crippen molar-refractivity contribution in [3.8, 4) is 0 Å². The van der Waals surface area contributed by atoms with Crippen LogP contribution in [0.1, 0.15) is 22.8 Å². The standard InChI is InChI=1S/C30H28N6.2C12H8N2.CH4O.4ClHO4.2Ni.4H2O/c1-5-16-31-25(10-1)21-35(22-26-11-2-6-17-32-26)29-14-9-15-30(20-29)36(23-27-12-3-7-18-33-27)24-28-13-4-8-19-34-28;2*1-3-9-5-6-10-4-2-8-14-12(10)11(9)13-7-1;1-2;4*2-1(3,4)5;;;;;;/h1-20H,21-24H2;2*1-8H;2H,1H3;4*(H,2,3,4,5);;;4*1H2/q;;;;;;;;2*+2;;;;/p-4. The largest absolute Gasteiger partial charge is 2.00 e. The predicted octanol–water partition coefficient (Wildman–Crippen LogP) is -11.5. The van der Waals surface area contributed by atoms with Crippen LogP contribution in [0.2, 0.25) is 0 Å². The molecule has 11 aromatic rings. The van der Waals surface area contributed by atoms with E-state index in [0.717, 1.165) is 84.9 Å². The van der Waals surface area contributed by atoms with Crippen LogP contribution in [0.15, 0.2) is 219 Å². The molecule has 0 bridgehead atoms. The molecule has 37 heteroatoms. The van der Waals surface area contributed by atoms with E-state index in [9.17, 15) is 0 Å². The van der Waals surface area contributed by atoms with Gasteiger partial charge >= 0.3 is 33.0 Å². The van der Waals surface area contributed by atoms with Gasteiger partial charge in [-0.3, -0.25) is 39.9 Å². The number of hydrogen-bond donors (Lipinski definition) is 1. The molecule has 9 N–H and O–H groups in total. The molecule has 0 atom stereocenters. The summed E-state index contributed by atoms with van der Waals surface area (Å²) in [6.45, 7) is 2.73. The Bertz CT molecular complexity index is 3230. The van der Waals surface area contributed by atoms with Crippen molar-refractivity contribution in [1.82, 2.24) is 39.9 Å². The molecular formula is C55H56Cl4N10Ni2O21. The summed E-state index contributed by atoms with van der Waals surface area (Å²) in [5.74, 6) is 0. The van der Waals surface area contributed by atoms with Crippen molar-refractivity contribution < 1.29 is 176 Å². The van der Waals surface area contributed by atoms with Gasteiger partial charge in [0.15, 0.2) is 0 Å². The predicted molar refractivity (Wildman–Crippen MR) is 280 cm³/mol. The van der Waals surface area contributed by atoms with Crippen molar-refractivity contribution in [1.29, 1.82) is 0 Å². The Labute approximate surface area is 552 Å². The molecule has 31 nitrogen and oxygen atoms in total. The maximum Gasteiger partial charge on any atom is 2.00 e. The molecule has 0 spiro atoms. The fourth-order valence-corrected chi connectivity index (χ4v) is 7.47. The third kappa shape index (κ3) is 38.0. The normalized spacial score (nSPS) is 10.2. The number of aliphatic hydroxyl groups excluding tert-OH is 1. The Morgan fingerprint density at radius 2 is 0.467 bits per heavy atom. The first-order valence-electron chi connectivity index (χ1n) is 24.0. The molecule has 0 radical (unpaired) electrons. The summed E-state index contributed by atoms with van der Waals surface area (Å²) in [7, 11) is -18.8. The van der Waals surface area contributed by atoms with E-state index in [0.29, 0.717) is 26.2 Å². The quantitative estimate of drug-likeness (QED) is 0.0981. The van der Waals surface area contributed by atoms with Crippen LogP contribution < -0.4 is 84.3 Å². The first kappa shape index (κ1) is 89.0. The minimum Gasteiger partial charge on any atom is -0.412 e. The number of pyridine rings is 8. The van der Waals surface area contributed by atoms with Gasteiger partial charge in [-0.05, 0) is 91.0 Å². The van der Waals surface area contributed by atoms with Crippen LogP contribution in [0.25, 0.3) is 43.6 Å². The Kier molecular flexibility index (Phi) is 43.7. The van der Waals surface area contributed by atoms with Crippen LogP contribution in [0.4, 0.5) is 11.4 Å².